The molecule has 2 heterocycles. The number of aliphatic carboxylic acids is 1. The van der Waals surface area contributed by atoms with Crippen molar-refractivity contribution in [2.24, 2.45) is 5.92 Å². The van der Waals surface area contributed by atoms with Crippen LogP contribution in [0.2, 0.25) is 0 Å². The van der Waals surface area contributed by atoms with Crippen LogP contribution < -0.4 is 0 Å². The van der Waals surface area contributed by atoms with Gasteiger partial charge in [0.2, 0.25) is 5.91 Å². The van der Waals surface area contributed by atoms with Crippen LogP contribution >= 0.6 is 11.8 Å². The van der Waals surface area contributed by atoms with Gasteiger partial charge >= 0.3 is 5.97 Å². The standard InChI is InChI=1S/C10H15NO4S/c12-7-3-8(10(14)15)11(4-7)9(13)6-1-2-16-5-6/h6-8,12H,1-5H2,(H,14,15). The lowest BCUT2D eigenvalue weighted by Crippen LogP contribution is -2.43. The Hall–Kier alpha value is -0.750. The Labute approximate surface area is 97.8 Å². The second kappa shape index (κ2) is 4.63. The molecule has 2 aliphatic rings. The summed E-state index contributed by atoms with van der Waals surface area (Å²) in [6.07, 6.45) is 0.280. The first-order valence-corrected chi connectivity index (χ1v) is 6.54. The third-order valence-corrected chi connectivity index (χ3v) is 4.29. The van der Waals surface area contributed by atoms with Gasteiger partial charge in [0.25, 0.3) is 0 Å². The van der Waals surface area contributed by atoms with Crippen LogP contribution in [-0.2, 0) is 9.59 Å². The van der Waals surface area contributed by atoms with Crippen molar-refractivity contribution in [3.63, 3.8) is 0 Å². The molecule has 0 aromatic rings. The van der Waals surface area contributed by atoms with Crippen molar-refractivity contribution in [3.8, 4) is 0 Å². The van der Waals surface area contributed by atoms with Crippen LogP contribution in [0.3, 0.4) is 0 Å². The lowest BCUT2D eigenvalue weighted by Gasteiger charge is -2.24. The molecule has 0 spiro atoms. The molecule has 2 fully saturated rings. The summed E-state index contributed by atoms with van der Waals surface area (Å²) in [5, 5.41) is 18.4. The fourth-order valence-corrected chi connectivity index (χ4v) is 3.47. The highest BCUT2D eigenvalue weighted by atomic mass is 32.2. The number of nitrogens with zero attached hydrogens (tertiary/aromatic N) is 1. The van der Waals surface area contributed by atoms with Gasteiger partial charge in [-0.15, -0.1) is 0 Å². The zero-order valence-corrected chi connectivity index (χ0v) is 9.65. The van der Waals surface area contributed by atoms with Crippen molar-refractivity contribution >= 4 is 23.6 Å². The van der Waals surface area contributed by atoms with Gasteiger partial charge in [-0.1, -0.05) is 0 Å². The van der Waals surface area contributed by atoms with Crippen LogP contribution in [-0.4, -0.2) is 57.2 Å². The average Bonchev–Trinajstić information content (AvgIpc) is 2.84. The zero-order valence-electron chi connectivity index (χ0n) is 8.83. The van der Waals surface area contributed by atoms with E-state index in [0.717, 1.165) is 17.9 Å². The van der Waals surface area contributed by atoms with Crippen LogP contribution in [0.4, 0.5) is 0 Å². The molecule has 0 aromatic heterocycles. The number of β-amino-alcohol motifs (C(OH)–C–C–N with tert-alkyl or cyclic N) is 1. The van der Waals surface area contributed by atoms with Crippen molar-refractivity contribution < 1.29 is 19.8 Å². The number of amides is 1. The van der Waals surface area contributed by atoms with Crippen molar-refractivity contribution in [1.82, 2.24) is 4.90 Å². The van der Waals surface area contributed by atoms with Gasteiger partial charge in [0.05, 0.1) is 6.10 Å². The van der Waals surface area contributed by atoms with Crippen LogP contribution in [0.1, 0.15) is 12.8 Å². The number of likely N-dealkylation sites (tertiary alicyclic amines) is 1. The summed E-state index contributed by atoms with van der Waals surface area (Å²) in [6, 6.07) is -0.840. The molecule has 3 atom stereocenters. The maximum Gasteiger partial charge on any atom is 0.326 e. The molecule has 3 unspecified atom stereocenters. The van der Waals surface area contributed by atoms with Crippen molar-refractivity contribution in [3.05, 3.63) is 0 Å². The normalized spacial score (nSPS) is 34.3. The molecule has 0 radical (unpaired) electrons. The van der Waals surface area contributed by atoms with E-state index in [0.29, 0.717) is 0 Å². The Morgan fingerprint density at radius 1 is 1.38 bits per heavy atom. The number of aliphatic hydroxyl groups excluding tert-OH is 1. The number of carbonyl (C=O) groups is 2. The molecule has 0 saturated carbocycles. The minimum atomic E-state index is -1.02. The van der Waals surface area contributed by atoms with Crippen molar-refractivity contribution in [1.29, 1.82) is 0 Å². The fourth-order valence-electron chi connectivity index (χ4n) is 2.26. The predicted molar refractivity (Wildman–Crippen MR) is 59.2 cm³/mol. The third kappa shape index (κ3) is 2.17. The fraction of sp³-hybridized carbons (Fsp3) is 0.800. The summed E-state index contributed by atoms with van der Waals surface area (Å²) < 4.78 is 0. The molecular formula is C10H15NO4S. The Bertz CT molecular complexity index is 303. The summed E-state index contributed by atoms with van der Waals surface area (Å²) in [7, 11) is 0. The molecule has 90 valence electrons. The van der Waals surface area contributed by atoms with Gasteiger partial charge in [0.1, 0.15) is 6.04 Å². The summed E-state index contributed by atoms with van der Waals surface area (Å²) >= 11 is 1.72. The minimum Gasteiger partial charge on any atom is -0.480 e. The van der Waals surface area contributed by atoms with Crippen molar-refractivity contribution in [2.75, 3.05) is 18.1 Å². The first-order valence-electron chi connectivity index (χ1n) is 5.38. The van der Waals surface area contributed by atoms with E-state index in [4.69, 9.17) is 5.11 Å². The first-order chi connectivity index (χ1) is 7.59. The molecule has 6 heteroatoms. The number of thioether (sulfide) groups is 1. The second-order valence-corrected chi connectivity index (χ2v) is 5.44. The molecule has 0 aromatic carbocycles. The maximum atomic E-state index is 12.0. The molecule has 0 aliphatic carbocycles. The van der Waals surface area contributed by atoms with E-state index in [1.165, 1.54) is 4.90 Å². The number of hydrogen-bond donors (Lipinski definition) is 2. The molecule has 5 nitrogen and oxygen atoms in total. The van der Waals surface area contributed by atoms with E-state index in [9.17, 15) is 14.7 Å². The molecule has 0 bridgehead atoms. The molecular weight excluding hydrogens is 230 g/mol. The van der Waals surface area contributed by atoms with Crippen molar-refractivity contribution in [2.45, 2.75) is 25.0 Å². The molecule has 2 saturated heterocycles. The quantitative estimate of drug-likeness (QED) is 0.703. The monoisotopic (exact) mass is 245 g/mol. The van der Waals surface area contributed by atoms with Crippen LogP contribution in [0, 0.1) is 5.92 Å². The summed E-state index contributed by atoms with van der Waals surface area (Å²) in [6.45, 7) is 0.164. The van der Waals surface area contributed by atoms with E-state index in [1.807, 2.05) is 0 Å². The molecule has 2 rings (SSSR count). The van der Waals surface area contributed by atoms with Gasteiger partial charge in [0.15, 0.2) is 0 Å². The van der Waals surface area contributed by atoms with Crippen LogP contribution in [0.25, 0.3) is 0 Å². The highest BCUT2D eigenvalue weighted by Gasteiger charge is 2.41. The zero-order chi connectivity index (χ0) is 11.7. The second-order valence-electron chi connectivity index (χ2n) is 4.29. The third-order valence-electron chi connectivity index (χ3n) is 3.13. The highest BCUT2D eigenvalue weighted by Crippen LogP contribution is 2.28. The molecule has 2 N–H and O–H groups in total. The number of carboxylic acids is 1. The average molecular weight is 245 g/mol. The lowest BCUT2D eigenvalue weighted by atomic mass is 10.1. The van der Waals surface area contributed by atoms with Gasteiger partial charge < -0.3 is 15.1 Å². The Morgan fingerprint density at radius 3 is 2.69 bits per heavy atom. The maximum absolute atomic E-state index is 12.0. The number of rotatable bonds is 2. The van der Waals surface area contributed by atoms with E-state index in [1.54, 1.807) is 11.8 Å². The molecule has 1 amide bonds. The van der Waals surface area contributed by atoms with Gasteiger partial charge in [-0.3, -0.25) is 4.79 Å². The van der Waals surface area contributed by atoms with Gasteiger partial charge in [0, 0.05) is 24.6 Å². The van der Waals surface area contributed by atoms with Gasteiger partial charge in [-0.2, -0.15) is 11.8 Å². The smallest absolute Gasteiger partial charge is 0.326 e. The largest absolute Gasteiger partial charge is 0.480 e. The first kappa shape index (κ1) is 11.7. The molecule has 16 heavy (non-hydrogen) atoms. The van der Waals surface area contributed by atoms with Crippen LogP contribution in [0.5, 0.6) is 0 Å². The minimum absolute atomic E-state index is 0.0582. The van der Waals surface area contributed by atoms with E-state index < -0.39 is 18.1 Å². The van der Waals surface area contributed by atoms with Gasteiger partial charge in [-0.05, 0) is 12.2 Å². The Kier molecular flexibility index (Phi) is 3.39. The summed E-state index contributed by atoms with van der Waals surface area (Å²) in [4.78, 5) is 24.3. The number of carboxylic acid groups (broad SMARTS) is 1. The summed E-state index contributed by atoms with van der Waals surface area (Å²) in [5.41, 5.74) is 0. The van der Waals surface area contributed by atoms with Crippen LogP contribution in [0.15, 0.2) is 0 Å². The predicted octanol–water partition coefficient (Wildman–Crippen LogP) is -0.214. The number of aliphatic hydroxyl groups is 1. The SMILES string of the molecule is O=C(O)C1CC(O)CN1C(=O)C1CCSC1. The number of hydrogen-bond acceptors (Lipinski definition) is 4. The lowest BCUT2D eigenvalue weighted by molar-refractivity contribution is -0.149. The van der Waals surface area contributed by atoms with E-state index >= 15 is 0 Å². The van der Waals surface area contributed by atoms with E-state index in [-0.39, 0.29) is 24.8 Å². The Morgan fingerprint density at radius 2 is 2.12 bits per heavy atom. The van der Waals surface area contributed by atoms with E-state index in [2.05, 4.69) is 0 Å². The summed E-state index contributed by atoms with van der Waals surface area (Å²) in [5.74, 6) is 0.559. The Balaban J connectivity index is 2.06. The topological polar surface area (TPSA) is 77.8 Å². The highest BCUT2D eigenvalue weighted by molar-refractivity contribution is 7.99. The van der Waals surface area contributed by atoms with Gasteiger partial charge in [-0.25, -0.2) is 4.79 Å². The number of carbonyl (C=O) groups excluding carboxylic acids is 1. The molecule has 2 aliphatic heterocycles.